The first-order valence-electron chi connectivity index (χ1n) is 6.77. The molecule has 1 saturated heterocycles. The minimum absolute atomic E-state index is 0.0388. The van der Waals surface area contributed by atoms with Gasteiger partial charge in [-0.2, -0.15) is 10.5 Å². The van der Waals surface area contributed by atoms with E-state index in [-0.39, 0.29) is 16.4 Å². The molecule has 5 rings (SSSR count). The zero-order valence-electron chi connectivity index (χ0n) is 10.1. The number of hydrogen-bond acceptors (Lipinski definition) is 3. The van der Waals surface area contributed by atoms with Crippen molar-refractivity contribution < 1.29 is 4.74 Å². The van der Waals surface area contributed by atoms with Gasteiger partial charge in [0.2, 0.25) is 0 Å². The molecular formula is C14H15ClN2O. The molecule has 1 heterocycles. The van der Waals surface area contributed by atoms with Crippen LogP contribution in [-0.4, -0.2) is 16.6 Å². The van der Waals surface area contributed by atoms with Crippen LogP contribution in [0.2, 0.25) is 0 Å². The van der Waals surface area contributed by atoms with Crippen molar-refractivity contribution in [2.24, 2.45) is 23.7 Å². The molecule has 1 aliphatic heterocycles. The zero-order chi connectivity index (χ0) is 12.5. The molecule has 3 nitrogen and oxygen atoms in total. The second-order valence-corrected chi connectivity index (χ2v) is 7.42. The molecule has 94 valence electrons. The number of ether oxygens (including phenoxy) is 1. The van der Waals surface area contributed by atoms with Crippen LogP contribution in [0.1, 0.15) is 32.1 Å². The van der Waals surface area contributed by atoms with Crippen molar-refractivity contribution >= 4 is 11.6 Å². The van der Waals surface area contributed by atoms with Crippen LogP contribution < -0.4 is 0 Å². The molecule has 4 aliphatic carbocycles. The van der Waals surface area contributed by atoms with Gasteiger partial charge in [-0.05, 0) is 49.9 Å². The van der Waals surface area contributed by atoms with E-state index in [4.69, 9.17) is 21.6 Å². The summed E-state index contributed by atoms with van der Waals surface area (Å²) in [6.07, 6.45) is 4.84. The average Bonchev–Trinajstić information content (AvgIpc) is 2.25. The maximum absolute atomic E-state index is 9.39. The molecule has 18 heavy (non-hydrogen) atoms. The third-order valence-corrected chi connectivity index (χ3v) is 6.24. The lowest BCUT2D eigenvalue weighted by Crippen LogP contribution is -2.73. The fraction of sp³-hybridized carbons (Fsp3) is 0.857. The third kappa shape index (κ3) is 1.09. The number of rotatable bonds is 0. The predicted octanol–water partition coefficient (Wildman–Crippen LogP) is 2.60. The monoisotopic (exact) mass is 262 g/mol. The lowest BCUT2D eigenvalue weighted by Gasteiger charge is -2.68. The second-order valence-electron chi connectivity index (χ2n) is 6.62. The van der Waals surface area contributed by atoms with Crippen LogP contribution in [-0.2, 0) is 4.74 Å². The first kappa shape index (κ1) is 11.1. The molecule has 4 saturated carbocycles. The standard InChI is InChI=1S/C14H15ClN2O/c15-13-3-8-1-9(4-13)14(10(2-8)5-13)11(6-16)12(7-17)18-14/h8-12H,1-5H2/t8?,9-,10+,11-,12+,13?,14?/m0/s1. The van der Waals surface area contributed by atoms with Crippen molar-refractivity contribution in [1.82, 2.24) is 0 Å². The highest BCUT2D eigenvalue weighted by atomic mass is 35.5. The normalized spacial score (nSPS) is 60.1. The Morgan fingerprint density at radius 2 is 1.72 bits per heavy atom. The summed E-state index contributed by atoms with van der Waals surface area (Å²) in [5, 5.41) is 18.4. The van der Waals surface area contributed by atoms with Crippen LogP contribution >= 0.6 is 11.6 Å². The highest BCUT2D eigenvalue weighted by molar-refractivity contribution is 6.24. The Labute approximate surface area is 112 Å². The van der Waals surface area contributed by atoms with Gasteiger partial charge in [-0.1, -0.05) is 0 Å². The molecule has 0 amide bonds. The first-order valence-corrected chi connectivity index (χ1v) is 7.15. The number of nitriles is 2. The maximum Gasteiger partial charge on any atom is 0.163 e. The largest absolute Gasteiger partial charge is 0.353 e. The van der Waals surface area contributed by atoms with Gasteiger partial charge in [0.1, 0.15) is 5.92 Å². The number of halogens is 1. The molecule has 0 aromatic rings. The second kappa shape index (κ2) is 3.21. The summed E-state index contributed by atoms with van der Waals surface area (Å²) < 4.78 is 5.96. The van der Waals surface area contributed by atoms with E-state index in [1.54, 1.807) is 0 Å². The van der Waals surface area contributed by atoms with E-state index in [0.717, 1.165) is 38.0 Å². The van der Waals surface area contributed by atoms with Gasteiger partial charge in [0.25, 0.3) is 0 Å². The number of alkyl halides is 1. The maximum atomic E-state index is 9.39. The molecule has 5 aliphatic rings. The van der Waals surface area contributed by atoms with Crippen molar-refractivity contribution in [1.29, 1.82) is 10.5 Å². The molecule has 7 atom stereocenters. The van der Waals surface area contributed by atoms with Gasteiger partial charge >= 0.3 is 0 Å². The van der Waals surface area contributed by atoms with E-state index >= 15 is 0 Å². The van der Waals surface area contributed by atoms with Gasteiger partial charge in [-0.25, -0.2) is 0 Å². The van der Waals surface area contributed by atoms with Gasteiger partial charge in [-0.3, -0.25) is 0 Å². The van der Waals surface area contributed by atoms with Crippen LogP contribution in [0.4, 0.5) is 0 Å². The SMILES string of the molecule is N#C[C@H]1OC2([C@@H]3CC4C[C@H]2CC(Cl)(C4)C3)[C@H]1C#N. The van der Waals surface area contributed by atoms with Crippen molar-refractivity contribution in [3.05, 3.63) is 0 Å². The average molecular weight is 263 g/mol. The fourth-order valence-electron chi connectivity index (χ4n) is 5.40. The molecule has 1 spiro atoms. The molecule has 0 N–H and O–H groups in total. The van der Waals surface area contributed by atoms with E-state index in [1.807, 2.05) is 0 Å². The van der Waals surface area contributed by atoms with Crippen LogP contribution in [0.25, 0.3) is 0 Å². The summed E-state index contributed by atoms with van der Waals surface area (Å²) >= 11 is 6.70. The van der Waals surface area contributed by atoms with E-state index in [9.17, 15) is 5.26 Å². The van der Waals surface area contributed by atoms with Crippen molar-refractivity contribution in [2.45, 2.75) is 48.7 Å². The molecule has 0 radical (unpaired) electrons. The van der Waals surface area contributed by atoms with Crippen molar-refractivity contribution in [3.8, 4) is 12.1 Å². The zero-order valence-corrected chi connectivity index (χ0v) is 10.9. The Morgan fingerprint density at radius 3 is 2.22 bits per heavy atom. The van der Waals surface area contributed by atoms with Crippen LogP contribution in [0.3, 0.4) is 0 Å². The van der Waals surface area contributed by atoms with Gasteiger partial charge in [0.05, 0.1) is 17.7 Å². The van der Waals surface area contributed by atoms with E-state index in [1.165, 1.54) is 0 Å². The predicted molar refractivity (Wildman–Crippen MR) is 64.5 cm³/mol. The quantitative estimate of drug-likeness (QED) is 0.631. The Kier molecular flexibility index (Phi) is 1.98. The Bertz CT molecular complexity index is 475. The summed E-state index contributed by atoms with van der Waals surface area (Å²) in [6.45, 7) is 0. The number of nitrogens with zero attached hydrogens (tertiary/aromatic N) is 2. The topological polar surface area (TPSA) is 56.8 Å². The molecule has 0 aromatic heterocycles. The number of hydrogen-bond donors (Lipinski definition) is 0. The third-order valence-electron chi connectivity index (χ3n) is 5.78. The Hall–Kier alpha value is -0.770. The molecule has 4 bridgehead atoms. The smallest absolute Gasteiger partial charge is 0.163 e. The fourth-order valence-corrected chi connectivity index (χ4v) is 5.99. The summed E-state index contributed by atoms with van der Waals surface area (Å²) in [6, 6.07) is 4.46. The van der Waals surface area contributed by atoms with E-state index < -0.39 is 6.10 Å². The summed E-state index contributed by atoms with van der Waals surface area (Å²) in [4.78, 5) is -0.0388. The molecule has 5 fully saturated rings. The highest BCUT2D eigenvalue weighted by Crippen LogP contribution is 2.68. The summed E-state index contributed by atoms with van der Waals surface area (Å²) in [7, 11) is 0. The van der Waals surface area contributed by atoms with Crippen LogP contribution in [0.5, 0.6) is 0 Å². The van der Waals surface area contributed by atoms with Crippen molar-refractivity contribution in [2.75, 3.05) is 0 Å². The minimum atomic E-state index is -0.515. The first-order chi connectivity index (χ1) is 8.61. The summed E-state index contributed by atoms with van der Waals surface area (Å²) in [5.41, 5.74) is -0.329. The van der Waals surface area contributed by atoms with Crippen LogP contribution in [0, 0.1) is 46.3 Å². The van der Waals surface area contributed by atoms with Gasteiger partial charge in [-0.15, -0.1) is 11.6 Å². The van der Waals surface area contributed by atoms with Crippen LogP contribution in [0.15, 0.2) is 0 Å². The summed E-state index contributed by atoms with van der Waals surface area (Å²) in [5.74, 6) is 1.28. The Morgan fingerprint density at radius 1 is 1.06 bits per heavy atom. The molecule has 3 unspecified atom stereocenters. The lowest BCUT2D eigenvalue weighted by atomic mass is 9.45. The molecular weight excluding hydrogens is 248 g/mol. The molecule has 0 aromatic carbocycles. The highest BCUT2D eigenvalue weighted by Gasteiger charge is 2.71. The Balaban J connectivity index is 1.73. The van der Waals surface area contributed by atoms with E-state index in [0.29, 0.717) is 11.8 Å². The minimum Gasteiger partial charge on any atom is -0.353 e. The van der Waals surface area contributed by atoms with Gasteiger partial charge in [0.15, 0.2) is 6.10 Å². The van der Waals surface area contributed by atoms with Gasteiger partial charge in [0, 0.05) is 4.87 Å². The lowest BCUT2D eigenvalue weighted by molar-refractivity contribution is -0.313. The molecule has 4 heteroatoms. The van der Waals surface area contributed by atoms with Crippen molar-refractivity contribution in [3.63, 3.8) is 0 Å². The van der Waals surface area contributed by atoms with E-state index in [2.05, 4.69) is 12.1 Å². The van der Waals surface area contributed by atoms with Gasteiger partial charge < -0.3 is 4.74 Å².